The summed E-state index contributed by atoms with van der Waals surface area (Å²) in [6.07, 6.45) is 0. The second kappa shape index (κ2) is 8.84. The van der Waals surface area contributed by atoms with E-state index in [1.54, 1.807) is 32.2 Å². The molecule has 0 amide bonds. The maximum atomic E-state index is 13.4. The summed E-state index contributed by atoms with van der Waals surface area (Å²) in [6.45, 7) is 1.79. The fraction of sp³-hybridized carbons (Fsp3) is 0.0833. The van der Waals surface area contributed by atoms with Crippen molar-refractivity contribution in [2.45, 2.75) is 6.92 Å². The Morgan fingerprint density at radius 1 is 1.00 bits per heavy atom. The van der Waals surface area contributed by atoms with Crippen molar-refractivity contribution < 1.29 is 4.74 Å². The van der Waals surface area contributed by atoms with Gasteiger partial charge in [0.25, 0.3) is 5.56 Å². The van der Waals surface area contributed by atoms with Crippen LogP contribution >= 0.6 is 23.2 Å². The first kappa shape index (κ1) is 21.0. The summed E-state index contributed by atoms with van der Waals surface area (Å²) < 4.78 is 6.77. The maximum absolute atomic E-state index is 13.4. The fourth-order valence-electron chi connectivity index (χ4n) is 3.31. The summed E-state index contributed by atoms with van der Waals surface area (Å²) >= 11 is 12.3. The average Bonchev–Trinajstić information content (AvgIpc) is 3.13. The zero-order valence-electron chi connectivity index (χ0n) is 16.9. The molecule has 0 spiro atoms. The third-order valence-corrected chi connectivity index (χ3v) is 5.38. The van der Waals surface area contributed by atoms with Crippen LogP contribution in [0.5, 0.6) is 5.75 Å². The van der Waals surface area contributed by atoms with E-state index in [1.165, 1.54) is 4.68 Å². The number of nitrogens with zero attached hydrogens (tertiary/aromatic N) is 2. The quantitative estimate of drug-likeness (QED) is 0.362. The smallest absolute Gasteiger partial charge is 0.280 e. The van der Waals surface area contributed by atoms with Crippen molar-refractivity contribution in [1.82, 2.24) is 9.78 Å². The number of rotatable bonds is 5. The highest BCUT2D eigenvalue weighted by Gasteiger charge is 2.19. The summed E-state index contributed by atoms with van der Waals surface area (Å²) in [5, 5.41) is 4.17. The first-order valence-electron chi connectivity index (χ1n) is 9.53. The minimum absolute atomic E-state index is 0.205. The first-order chi connectivity index (χ1) is 15.0. The number of aliphatic imine (C=N–C) groups is 1. The molecular weight excluding hydrogens is 433 g/mol. The monoisotopic (exact) mass is 451 g/mol. The van der Waals surface area contributed by atoms with E-state index < -0.39 is 0 Å². The van der Waals surface area contributed by atoms with Crippen molar-refractivity contribution in [2.75, 3.05) is 7.11 Å². The van der Waals surface area contributed by atoms with Crippen molar-refractivity contribution in [1.29, 1.82) is 0 Å². The largest absolute Gasteiger partial charge is 0.497 e. The van der Waals surface area contributed by atoms with Crippen LogP contribution in [0.1, 0.15) is 12.5 Å². The molecule has 156 valence electrons. The lowest BCUT2D eigenvalue weighted by Crippen LogP contribution is -2.19. The molecule has 0 radical (unpaired) electrons. The third-order valence-electron chi connectivity index (χ3n) is 4.84. The summed E-state index contributed by atoms with van der Waals surface area (Å²) in [5.74, 6) is 0.730. The molecule has 0 aliphatic heterocycles. The summed E-state index contributed by atoms with van der Waals surface area (Å²) in [4.78, 5) is 18.1. The molecule has 0 fully saturated rings. The van der Waals surface area contributed by atoms with E-state index in [-0.39, 0.29) is 5.56 Å². The molecule has 1 heterocycles. The Morgan fingerprint density at radius 2 is 1.71 bits per heavy atom. The molecule has 1 aromatic heterocycles. The lowest BCUT2D eigenvalue weighted by molar-refractivity contribution is 0.415. The number of benzene rings is 3. The van der Waals surface area contributed by atoms with Gasteiger partial charge in [0.2, 0.25) is 0 Å². The molecule has 3 aromatic carbocycles. The van der Waals surface area contributed by atoms with Crippen molar-refractivity contribution in [3.63, 3.8) is 0 Å². The molecule has 0 bridgehead atoms. The molecule has 31 heavy (non-hydrogen) atoms. The highest BCUT2D eigenvalue weighted by atomic mass is 35.5. The number of para-hydroxylation sites is 1. The maximum Gasteiger partial charge on any atom is 0.280 e. The van der Waals surface area contributed by atoms with Crippen LogP contribution in [0.4, 0.5) is 5.69 Å². The Bertz CT molecular complexity index is 1310. The van der Waals surface area contributed by atoms with Crippen molar-refractivity contribution in [3.8, 4) is 22.7 Å². The van der Waals surface area contributed by atoms with Crippen LogP contribution in [0.15, 0.2) is 82.6 Å². The number of ether oxygens (including phenoxy) is 1. The standard InChI is InChI=1S/C24H19Cl2N3O2/c1-15(27-21-13-10-17(25)14-20(21)26)22-23(16-8-11-19(31-2)12-9-16)28-29(24(22)30)18-6-4-3-5-7-18/h3-14,28H,1-2H3. The Morgan fingerprint density at radius 3 is 2.35 bits per heavy atom. The molecule has 0 saturated carbocycles. The van der Waals surface area contributed by atoms with Crippen LogP contribution in [-0.2, 0) is 0 Å². The average molecular weight is 452 g/mol. The number of methoxy groups -OCH3 is 1. The minimum Gasteiger partial charge on any atom is -0.497 e. The topological polar surface area (TPSA) is 59.4 Å². The lowest BCUT2D eigenvalue weighted by Gasteiger charge is -2.05. The van der Waals surface area contributed by atoms with Gasteiger partial charge in [-0.3, -0.25) is 14.9 Å². The van der Waals surface area contributed by atoms with Crippen LogP contribution < -0.4 is 10.3 Å². The van der Waals surface area contributed by atoms with Gasteiger partial charge < -0.3 is 4.74 Å². The minimum atomic E-state index is -0.205. The zero-order valence-corrected chi connectivity index (χ0v) is 18.4. The number of hydrogen-bond acceptors (Lipinski definition) is 3. The van der Waals surface area contributed by atoms with E-state index in [4.69, 9.17) is 27.9 Å². The van der Waals surface area contributed by atoms with Gasteiger partial charge in [0.05, 0.1) is 40.5 Å². The lowest BCUT2D eigenvalue weighted by atomic mass is 10.0. The van der Waals surface area contributed by atoms with Gasteiger partial charge in [0, 0.05) is 10.6 Å². The van der Waals surface area contributed by atoms with Crippen LogP contribution in [0.3, 0.4) is 0 Å². The summed E-state index contributed by atoms with van der Waals surface area (Å²) in [5.41, 5.74) is 3.54. The predicted molar refractivity (Wildman–Crippen MR) is 127 cm³/mol. The van der Waals surface area contributed by atoms with Crippen molar-refractivity contribution in [2.24, 2.45) is 4.99 Å². The van der Waals surface area contributed by atoms with Gasteiger partial charge in [-0.05, 0) is 61.5 Å². The van der Waals surface area contributed by atoms with E-state index >= 15 is 0 Å². The van der Waals surface area contributed by atoms with Gasteiger partial charge in [-0.15, -0.1) is 0 Å². The third kappa shape index (κ3) is 4.29. The highest BCUT2D eigenvalue weighted by Crippen LogP contribution is 2.30. The van der Waals surface area contributed by atoms with E-state index in [2.05, 4.69) is 10.1 Å². The first-order valence-corrected chi connectivity index (χ1v) is 10.3. The molecule has 5 nitrogen and oxygen atoms in total. The number of aromatic nitrogens is 2. The van der Waals surface area contributed by atoms with Crippen LogP contribution in [0.2, 0.25) is 10.0 Å². The molecule has 7 heteroatoms. The van der Waals surface area contributed by atoms with Crippen molar-refractivity contribution in [3.05, 3.63) is 98.8 Å². The summed E-state index contributed by atoms with van der Waals surface area (Å²) in [7, 11) is 1.61. The highest BCUT2D eigenvalue weighted by molar-refractivity contribution is 6.36. The van der Waals surface area contributed by atoms with E-state index in [0.29, 0.717) is 32.7 Å². The molecule has 1 N–H and O–H groups in total. The van der Waals surface area contributed by atoms with Crippen LogP contribution in [0, 0.1) is 0 Å². The SMILES string of the molecule is COc1ccc(-c2[nH]n(-c3ccccc3)c(=O)c2C(C)=Nc2ccc(Cl)cc2Cl)cc1. The Kier molecular flexibility index (Phi) is 5.98. The van der Waals surface area contributed by atoms with Crippen molar-refractivity contribution >= 4 is 34.6 Å². The molecule has 0 aliphatic carbocycles. The Labute approximate surface area is 189 Å². The molecule has 4 aromatic rings. The molecule has 4 rings (SSSR count). The molecule has 0 unspecified atom stereocenters. The Balaban J connectivity index is 1.91. The van der Waals surface area contributed by atoms with Gasteiger partial charge in [0.1, 0.15) is 5.75 Å². The number of nitrogens with one attached hydrogen (secondary N) is 1. The number of halogens is 2. The van der Waals surface area contributed by atoms with E-state index in [1.807, 2.05) is 54.6 Å². The molecular formula is C24H19Cl2N3O2. The van der Waals surface area contributed by atoms with Gasteiger partial charge in [-0.1, -0.05) is 41.4 Å². The van der Waals surface area contributed by atoms with E-state index in [0.717, 1.165) is 17.0 Å². The molecule has 0 atom stereocenters. The van der Waals surface area contributed by atoms with E-state index in [9.17, 15) is 4.79 Å². The summed E-state index contributed by atoms with van der Waals surface area (Å²) in [6, 6.07) is 21.9. The fourth-order valence-corrected chi connectivity index (χ4v) is 3.76. The zero-order chi connectivity index (χ0) is 22.0. The van der Waals surface area contributed by atoms with Crippen LogP contribution in [-0.4, -0.2) is 22.6 Å². The van der Waals surface area contributed by atoms with Gasteiger partial charge in [0.15, 0.2) is 0 Å². The Hall–Kier alpha value is -3.28. The number of H-pyrrole nitrogens is 1. The predicted octanol–water partition coefficient (Wildman–Crippen LogP) is 6.29. The normalized spacial score (nSPS) is 11.5. The number of hydrogen-bond donors (Lipinski definition) is 1. The van der Waals surface area contributed by atoms with Gasteiger partial charge >= 0.3 is 0 Å². The van der Waals surface area contributed by atoms with Gasteiger partial charge in [-0.2, -0.15) is 0 Å². The molecule has 0 aliphatic rings. The second-order valence-electron chi connectivity index (χ2n) is 6.86. The second-order valence-corrected chi connectivity index (χ2v) is 7.70. The van der Waals surface area contributed by atoms with Crippen LogP contribution in [0.25, 0.3) is 16.9 Å². The van der Waals surface area contributed by atoms with Gasteiger partial charge in [-0.25, -0.2) is 4.68 Å². The number of aromatic amines is 1. The molecule has 0 saturated heterocycles.